The standard InChI is InChI=1S/C17H19BrN6/c18-16-5-1-4-15-14(16)6-8-20-17(15)21-9-13-11-24(23-22-13)10-12-3-2-7-19-12/h1,4-6,8,11-12,19H,2-3,7,9-10H2,(H,20,21)/t12-/m0/s1. The fourth-order valence-electron chi connectivity index (χ4n) is 3.13. The van der Waals surface area contributed by atoms with Crippen LogP contribution in [-0.2, 0) is 13.1 Å². The van der Waals surface area contributed by atoms with Gasteiger partial charge in [0, 0.05) is 27.5 Å². The topological polar surface area (TPSA) is 67.7 Å². The van der Waals surface area contributed by atoms with Gasteiger partial charge in [0.1, 0.15) is 11.5 Å². The van der Waals surface area contributed by atoms with Gasteiger partial charge in [0.05, 0.1) is 19.3 Å². The summed E-state index contributed by atoms with van der Waals surface area (Å²) in [5, 5.41) is 17.6. The van der Waals surface area contributed by atoms with Crippen molar-refractivity contribution in [1.82, 2.24) is 25.3 Å². The van der Waals surface area contributed by atoms with E-state index in [1.54, 1.807) is 0 Å². The van der Waals surface area contributed by atoms with Crippen molar-refractivity contribution in [3.63, 3.8) is 0 Å². The molecule has 124 valence electrons. The van der Waals surface area contributed by atoms with E-state index in [9.17, 15) is 0 Å². The van der Waals surface area contributed by atoms with Gasteiger partial charge in [0.2, 0.25) is 0 Å². The first-order valence-electron chi connectivity index (χ1n) is 8.19. The Bertz CT molecular complexity index is 840. The van der Waals surface area contributed by atoms with Gasteiger partial charge in [0.15, 0.2) is 0 Å². The lowest BCUT2D eigenvalue weighted by atomic mass is 10.1. The molecule has 0 radical (unpaired) electrons. The molecule has 1 aliphatic heterocycles. The normalized spacial score (nSPS) is 17.5. The lowest BCUT2D eigenvalue weighted by Crippen LogP contribution is -2.26. The molecule has 0 saturated carbocycles. The second-order valence-electron chi connectivity index (χ2n) is 6.07. The van der Waals surface area contributed by atoms with Crippen LogP contribution < -0.4 is 10.6 Å². The number of aromatic nitrogens is 4. The summed E-state index contributed by atoms with van der Waals surface area (Å²) in [5.41, 5.74) is 0.918. The fraction of sp³-hybridized carbons (Fsp3) is 0.353. The molecule has 3 heterocycles. The number of nitrogens with one attached hydrogen (secondary N) is 2. The van der Waals surface area contributed by atoms with E-state index in [-0.39, 0.29) is 0 Å². The van der Waals surface area contributed by atoms with E-state index in [2.05, 4.69) is 47.9 Å². The van der Waals surface area contributed by atoms with Crippen LogP contribution in [0.15, 0.2) is 41.1 Å². The van der Waals surface area contributed by atoms with Crippen LogP contribution in [0.4, 0.5) is 5.82 Å². The highest BCUT2D eigenvalue weighted by atomic mass is 79.9. The third kappa shape index (κ3) is 3.27. The van der Waals surface area contributed by atoms with Crippen LogP contribution in [0.1, 0.15) is 18.5 Å². The quantitative estimate of drug-likeness (QED) is 0.705. The molecule has 24 heavy (non-hydrogen) atoms. The van der Waals surface area contributed by atoms with E-state index in [1.807, 2.05) is 35.3 Å². The SMILES string of the molecule is Brc1cccc2c(NCc3cn(C[C@@H]4CCCN4)nn3)nccc12. The zero-order valence-electron chi connectivity index (χ0n) is 13.2. The first kappa shape index (κ1) is 15.5. The average molecular weight is 387 g/mol. The van der Waals surface area contributed by atoms with Crippen molar-refractivity contribution in [2.45, 2.75) is 32.0 Å². The minimum Gasteiger partial charge on any atom is -0.364 e. The predicted molar refractivity (Wildman–Crippen MR) is 97.8 cm³/mol. The van der Waals surface area contributed by atoms with Gasteiger partial charge in [-0.2, -0.15) is 0 Å². The van der Waals surface area contributed by atoms with Crippen LogP contribution >= 0.6 is 15.9 Å². The Hall–Kier alpha value is -1.99. The summed E-state index contributed by atoms with van der Waals surface area (Å²) in [6.07, 6.45) is 6.28. The summed E-state index contributed by atoms with van der Waals surface area (Å²) in [7, 11) is 0. The number of fused-ring (bicyclic) bond motifs is 1. The molecular formula is C17H19BrN6. The molecule has 7 heteroatoms. The number of halogens is 1. The number of rotatable bonds is 5. The van der Waals surface area contributed by atoms with Crippen LogP contribution in [0.3, 0.4) is 0 Å². The zero-order valence-corrected chi connectivity index (χ0v) is 14.8. The van der Waals surface area contributed by atoms with E-state index < -0.39 is 0 Å². The smallest absolute Gasteiger partial charge is 0.134 e. The molecule has 1 saturated heterocycles. The second-order valence-corrected chi connectivity index (χ2v) is 6.93. The number of benzene rings is 1. The molecular weight excluding hydrogens is 368 g/mol. The molecule has 1 aromatic carbocycles. The van der Waals surface area contributed by atoms with E-state index in [0.717, 1.165) is 39.8 Å². The average Bonchev–Trinajstić information content (AvgIpc) is 3.26. The largest absolute Gasteiger partial charge is 0.364 e. The van der Waals surface area contributed by atoms with Crippen molar-refractivity contribution >= 4 is 32.5 Å². The molecule has 1 aliphatic rings. The van der Waals surface area contributed by atoms with Gasteiger partial charge in [-0.15, -0.1) is 5.10 Å². The molecule has 0 bridgehead atoms. The fourth-order valence-corrected chi connectivity index (χ4v) is 3.63. The molecule has 4 rings (SSSR count). The van der Waals surface area contributed by atoms with Crippen molar-refractivity contribution in [2.24, 2.45) is 0 Å². The van der Waals surface area contributed by atoms with Crippen LogP contribution in [0.25, 0.3) is 10.8 Å². The van der Waals surface area contributed by atoms with Gasteiger partial charge in [-0.1, -0.05) is 33.3 Å². The first-order valence-corrected chi connectivity index (χ1v) is 8.98. The Labute approximate surface area is 148 Å². The van der Waals surface area contributed by atoms with Gasteiger partial charge in [-0.25, -0.2) is 4.98 Å². The van der Waals surface area contributed by atoms with Crippen molar-refractivity contribution in [3.8, 4) is 0 Å². The molecule has 0 unspecified atom stereocenters. The molecule has 1 atom stereocenters. The Morgan fingerprint density at radius 2 is 2.25 bits per heavy atom. The van der Waals surface area contributed by atoms with E-state index >= 15 is 0 Å². The second kappa shape index (κ2) is 6.86. The molecule has 0 amide bonds. The maximum absolute atomic E-state index is 4.46. The predicted octanol–water partition coefficient (Wildman–Crippen LogP) is 2.95. The first-order chi connectivity index (χ1) is 11.8. The van der Waals surface area contributed by atoms with E-state index in [0.29, 0.717) is 12.6 Å². The Morgan fingerprint density at radius 3 is 3.12 bits per heavy atom. The van der Waals surface area contributed by atoms with Crippen molar-refractivity contribution in [3.05, 3.63) is 46.8 Å². The summed E-state index contributed by atoms with van der Waals surface area (Å²) in [6, 6.07) is 8.65. The highest BCUT2D eigenvalue weighted by molar-refractivity contribution is 9.10. The highest BCUT2D eigenvalue weighted by Crippen LogP contribution is 2.27. The summed E-state index contributed by atoms with van der Waals surface area (Å²) < 4.78 is 2.99. The summed E-state index contributed by atoms with van der Waals surface area (Å²) in [5.74, 6) is 0.862. The number of hydrogen-bond donors (Lipinski definition) is 2. The molecule has 2 aromatic heterocycles. The van der Waals surface area contributed by atoms with Crippen LogP contribution in [0.2, 0.25) is 0 Å². The van der Waals surface area contributed by atoms with Crippen molar-refractivity contribution in [2.75, 3.05) is 11.9 Å². The maximum Gasteiger partial charge on any atom is 0.134 e. The number of pyridine rings is 1. The Morgan fingerprint density at radius 1 is 1.29 bits per heavy atom. The minimum absolute atomic E-state index is 0.518. The monoisotopic (exact) mass is 386 g/mol. The van der Waals surface area contributed by atoms with Gasteiger partial charge < -0.3 is 10.6 Å². The molecule has 2 N–H and O–H groups in total. The Kier molecular flexibility index (Phi) is 4.44. The van der Waals surface area contributed by atoms with E-state index in [4.69, 9.17) is 0 Å². The van der Waals surface area contributed by atoms with Gasteiger partial charge in [-0.05, 0) is 31.5 Å². The third-order valence-corrected chi connectivity index (χ3v) is 5.04. The lowest BCUT2D eigenvalue weighted by molar-refractivity contribution is 0.466. The summed E-state index contributed by atoms with van der Waals surface area (Å²) >= 11 is 3.58. The number of anilines is 1. The summed E-state index contributed by atoms with van der Waals surface area (Å²) in [4.78, 5) is 4.46. The van der Waals surface area contributed by atoms with Crippen LogP contribution in [0.5, 0.6) is 0 Å². The van der Waals surface area contributed by atoms with Crippen molar-refractivity contribution in [1.29, 1.82) is 0 Å². The third-order valence-electron chi connectivity index (χ3n) is 4.35. The maximum atomic E-state index is 4.46. The Balaban J connectivity index is 1.45. The lowest BCUT2D eigenvalue weighted by Gasteiger charge is -2.09. The van der Waals surface area contributed by atoms with Crippen LogP contribution in [0, 0.1) is 0 Å². The van der Waals surface area contributed by atoms with Gasteiger partial charge >= 0.3 is 0 Å². The molecule has 6 nitrogen and oxygen atoms in total. The summed E-state index contributed by atoms with van der Waals surface area (Å²) in [6.45, 7) is 2.60. The van der Waals surface area contributed by atoms with Gasteiger partial charge in [-0.3, -0.25) is 4.68 Å². The molecule has 1 fully saturated rings. The number of nitrogens with zero attached hydrogens (tertiary/aromatic N) is 4. The van der Waals surface area contributed by atoms with E-state index in [1.165, 1.54) is 12.8 Å². The molecule has 3 aromatic rings. The van der Waals surface area contributed by atoms with Crippen LogP contribution in [-0.4, -0.2) is 32.6 Å². The molecule has 0 spiro atoms. The minimum atomic E-state index is 0.518. The highest BCUT2D eigenvalue weighted by Gasteiger charge is 2.15. The molecule has 0 aliphatic carbocycles. The zero-order chi connectivity index (χ0) is 16.4. The van der Waals surface area contributed by atoms with Gasteiger partial charge in [0.25, 0.3) is 0 Å². The van der Waals surface area contributed by atoms with Crippen molar-refractivity contribution < 1.29 is 0 Å². The number of hydrogen-bond acceptors (Lipinski definition) is 5.